The van der Waals surface area contributed by atoms with Gasteiger partial charge in [0.1, 0.15) is 12.0 Å². The molecule has 0 aromatic heterocycles. The Kier molecular flexibility index (Phi) is 6.11. The number of hydrogen-bond acceptors (Lipinski definition) is 4. The van der Waals surface area contributed by atoms with Gasteiger partial charge in [0.05, 0.1) is 7.11 Å². The standard InChI is InChI=1S/C19H25NO3/c1-14(22)17(8-11-21)18-13-15-6-4-9-20(2)10-5-7-16(12-15)19(18)23-3/h8,11-13H,4-7,9-10H2,1-3H3/b17-8-. The van der Waals surface area contributed by atoms with Crippen LogP contribution < -0.4 is 4.74 Å². The van der Waals surface area contributed by atoms with Crippen molar-refractivity contribution in [2.75, 3.05) is 27.2 Å². The van der Waals surface area contributed by atoms with Crippen molar-refractivity contribution < 1.29 is 14.3 Å². The van der Waals surface area contributed by atoms with E-state index in [2.05, 4.69) is 18.0 Å². The third kappa shape index (κ3) is 4.29. The average Bonchev–Trinajstić information content (AvgIpc) is 2.51. The summed E-state index contributed by atoms with van der Waals surface area (Å²) in [5.74, 6) is 0.602. The van der Waals surface area contributed by atoms with Crippen LogP contribution in [0.4, 0.5) is 0 Å². The lowest BCUT2D eigenvalue weighted by atomic mass is 9.92. The molecule has 0 atom stereocenters. The van der Waals surface area contributed by atoms with E-state index in [0.717, 1.165) is 55.6 Å². The Hall–Kier alpha value is -1.94. The first kappa shape index (κ1) is 17.4. The molecule has 1 aromatic carbocycles. The number of ketones is 1. The maximum Gasteiger partial charge on any atom is 0.160 e. The summed E-state index contributed by atoms with van der Waals surface area (Å²) < 4.78 is 5.61. The van der Waals surface area contributed by atoms with Gasteiger partial charge in [0.15, 0.2) is 5.78 Å². The third-order valence-corrected chi connectivity index (χ3v) is 4.33. The Morgan fingerprint density at radius 3 is 2.52 bits per heavy atom. The van der Waals surface area contributed by atoms with Gasteiger partial charge in [-0.1, -0.05) is 6.07 Å². The summed E-state index contributed by atoms with van der Waals surface area (Å²) >= 11 is 0. The van der Waals surface area contributed by atoms with Crippen molar-refractivity contribution in [3.8, 4) is 5.75 Å². The molecule has 0 aliphatic carbocycles. The predicted octanol–water partition coefficient (Wildman–Crippen LogP) is 2.68. The van der Waals surface area contributed by atoms with Crippen molar-refractivity contribution in [2.24, 2.45) is 0 Å². The Labute approximate surface area is 138 Å². The van der Waals surface area contributed by atoms with E-state index in [1.165, 1.54) is 18.6 Å². The second-order valence-electron chi connectivity index (χ2n) is 6.12. The van der Waals surface area contributed by atoms with Crippen LogP contribution in [0, 0.1) is 0 Å². The number of hydrogen-bond donors (Lipinski definition) is 0. The van der Waals surface area contributed by atoms with Gasteiger partial charge >= 0.3 is 0 Å². The van der Waals surface area contributed by atoms with Crippen LogP contribution in [0.25, 0.3) is 5.57 Å². The number of fused-ring (bicyclic) bond motifs is 2. The Morgan fingerprint density at radius 2 is 1.91 bits per heavy atom. The van der Waals surface area contributed by atoms with Gasteiger partial charge in [-0.2, -0.15) is 0 Å². The predicted molar refractivity (Wildman–Crippen MR) is 91.9 cm³/mol. The maximum absolute atomic E-state index is 12.0. The smallest absolute Gasteiger partial charge is 0.160 e. The molecule has 0 N–H and O–H groups in total. The van der Waals surface area contributed by atoms with Crippen molar-refractivity contribution in [1.82, 2.24) is 4.90 Å². The zero-order chi connectivity index (χ0) is 16.8. The van der Waals surface area contributed by atoms with Crippen molar-refractivity contribution in [1.29, 1.82) is 0 Å². The molecule has 0 fully saturated rings. The molecule has 4 heteroatoms. The van der Waals surface area contributed by atoms with E-state index in [-0.39, 0.29) is 5.78 Å². The molecule has 0 saturated heterocycles. The molecule has 1 aliphatic heterocycles. The number of methoxy groups -OCH3 is 1. The quantitative estimate of drug-likeness (QED) is 0.633. The molecular formula is C19H25NO3. The van der Waals surface area contributed by atoms with Crippen molar-refractivity contribution in [3.05, 3.63) is 34.9 Å². The molecule has 1 heterocycles. The fraction of sp³-hybridized carbons (Fsp3) is 0.474. The molecule has 0 unspecified atom stereocenters. The first-order valence-electron chi connectivity index (χ1n) is 8.12. The maximum atomic E-state index is 12.0. The number of rotatable bonds is 4. The van der Waals surface area contributed by atoms with Gasteiger partial charge in [-0.15, -0.1) is 0 Å². The van der Waals surface area contributed by atoms with Gasteiger partial charge in [0.25, 0.3) is 0 Å². The van der Waals surface area contributed by atoms with Gasteiger partial charge in [-0.25, -0.2) is 0 Å². The molecule has 23 heavy (non-hydrogen) atoms. The summed E-state index contributed by atoms with van der Waals surface area (Å²) in [5, 5.41) is 0. The monoisotopic (exact) mass is 315 g/mol. The summed E-state index contributed by atoms with van der Waals surface area (Å²) in [5.41, 5.74) is 3.49. The number of carbonyl (C=O) groups is 2. The van der Waals surface area contributed by atoms with Crippen LogP contribution in [0.5, 0.6) is 5.75 Å². The molecular weight excluding hydrogens is 290 g/mol. The molecule has 1 aliphatic rings. The molecule has 0 amide bonds. The van der Waals surface area contributed by atoms with Crippen LogP contribution in [0.3, 0.4) is 0 Å². The minimum absolute atomic E-state index is 0.120. The number of Topliss-reactive ketones (excluding diaryl/α,β-unsaturated/α-hetero) is 1. The normalized spacial score (nSPS) is 16.7. The summed E-state index contributed by atoms with van der Waals surface area (Å²) in [6.45, 7) is 3.60. The highest BCUT2D eigenvalue weighted by Gasteiger charge is 2.18. The minimum Gasteiger partial charge on any atom is -0.496 e. The van der Waals surface area contributed by atoms with E-state index >= 15 is 0 Å². The van der Waals surface area contributed by atoms with E-state index in [4.69, 9.17) is 4.74 Å². The van der Waals surface area contributed by atoms with Gasteiger partial charge in [-0.3, -0.25) is 9.59 Å². The van der Waals surface area contributed by atoms with Crippen LogP contribution in [0.2, 0.25) is 0 Å². The lowest BCUT2D eigenvalue weighted by molar-refractivity contribution is -0.112. The second-order valence-corrected chi connectivity index (χ2v) is 6.12. The van der Waals surface area contributed by atoms with E-state index in [1.54, 1.807) is 7.11 Å². The topological polar surface area (TPSA) is 46.6 Å². The van der Waals surface area contributed by atoms with E-state index in [1.807, 2.05) is 6.07 Å². The lowest BCUT2D eigenvalue weighted by Gasteiger charge is -2.21. The van der Waals surface area contributed by atoms with Gasteiger partial charge in [-0.05, 0) is 76.0 Å². The lowest BCUT2D eigenvalue weighted by Crippen LogP contribution is -2.22. The Bertz CT molecular complexity index is 619. The zero-order valence-electron chi connectivity index (χ0n) is 14.2. The molecule has 124 valence electrons. The number of carbonyl (C=O) groups excluding carboxylic acids is 2. The number of benzene rings is 1. The number of ether oxygens (including phenoxy) is 1. The van der Waals surface area contributed by atoms with Gasteiger partial charge in [0, 0.05) is 11.1 Å². The molecule has 0 spiro atoms. The molecule has 2 rings (SSSR count). The summed E-state index contributed by atoms with van der Waals surface area (Å²) in [6, 6.07) is 4.19. The number of allylic oxidation sites excluding steroid dienone is 2. The van der Waals surface area contributed by atoms with Crippen molar-refractivity contribution in [3.63, 3.8) is 0 Å². The van der Waals surface area contributed by atoms with Crippen LogP contribution >= 0.6 is 0 Å². The fourth-order valence-electron chi connectivity index (χ4n) is 3.20. The van der Waals surface area contributed by atoms with Crippen LogP contribution in [0.15, 0.2) is 18.2 Å². The Morgan fingerprint density at radius 1 is 1.22 bits per heavy atom. The van der Waals surface area contributed by atoms with Crippen molar-refractivity contribution >= 4 is 17.6 Å². The number of nitrogens with zero attached hydrogens (tertiary/aromatic N) is 1. The highest BCUT2D eigenvalue weighted by atomic mass is 16.5. The Balaban J connectivity index is 2.54. The summed E-state index contributed by atoms with van der Waals surface area (Å²) in [7, 11) is 3.78. The van der Waals surface area contributed by atoms with Crippen molar-refractivity contribution in [2.45, 2.75) is 32.6 Å². The SMILES string of the molecule is COc1c2cc(cc1/C(=C\C=O)C(C)=O)CCCN(C)CCC2. The first-order chi connectivity index (χ1) is 11.1. The molecule has 0 radical (unpaired) electrons. The van der Waals surface area contributed by atoms with E-state index in [9.17, 15) is 9.59 Å². The first-order valence-corrected chi connectivity index (χ1v) is 8.12. The third-order valence-electron chi connectivity index (χ3n) is 4.33. The van der Waals surface area contributed by atoms with E-state index in [0.29, 0.717) is 11.9 Å². The number of aldehydes is 1. The highest BCUT2D eigenvalue weighted by Crippen LogP contribution is 2.33. The van der Waals surface area contributed by atoms with E-state index < -0.39 is 0 Å². The fourth-order valence-corrected chi connectivity index (χ4v) is 3.20. The molecule has 0 saturated carbocycles. The van der Waals surface area contributed by atoms with Crippen LogP contribution in [-0.4, -0.2) is 44.2 Å². The highest BCUT2D eigenvalue weighted by molar-refractivity contribution is 6.22. The number of aryl methyl sites for hydroxylation is 2. The average molecular weight is 315 g/mol. The van der Waals surface area contributed by atoms with Crippen LogP contribution in [0.1, 0.15) is 36.5 Å². The summed E-state index contributed by atoms with van der Waals surface area (Å²) in [6.07, 6.45) is 5.99. The largest absolute Gasteiger partial charge is 0.496 e. The molecule has 4 nitrogen and oxygen atoms in total. The minimum atomic E-state index is -0.120. The zero-order valence-corrected chi connectivity index (χ0v) is 14.2. The molecule has 1 aromatic rings. The van der Waals surface area contributed by atoms with Gasteiger partial charge in [0.2, 0.25) is 0 Å². The second kappa shape index (κ2) is 8.06. The summed E-state index contributed by atoms with van der Waals surface area (Å²) in [4.78, 5) is 25.2. The molecule has 2 bridgehead atoms. The van der Waals surface area contributed by atoms with Gasteiger partial charge < -0.3 is 9.64 Å². The van der Waals surface area contributed by atoms with Crippen LogP contribution in [-0.2, 0) is 22.4 Å².